The molecule has 3 aliphatic rings. The molecule has 1 aliphatic carbocycles. The lowest BCUT2D eigenvalue weighted by atomic mass is 10.0. The van der Waals surface area contributed by atoms with Gasteiger partial charge in [0.2, 0.25) is 0 Å². The number of epoxide rings is 2. The first kappa shape index (κ1) is 20.7. The molecule has 0 saturated carbocycles. The Morgan fingerprint density at radius 2 is 1.56 bits per heavy atom. The summed E-state index contributed by atoms with van der Waals surface area (Å²) in [7, 11) is 0. The zero-order chi connectivity index (χ0) is 18.9. The highest BCUT2D eigenvalue weighted by Gasteiger charge is 2.43. The standard InChI is InChI=1S/C23H38O4/c1-2-3-4-5-7-10-13-18-19(25-18)14-11-8-6-9-12-15-22(24)26-20-16-17-21-23(20)27-21/h18-19,21H,2-17H2,1H3. The fraction of sp³-hybridized carbons (Fsp3) is 0.870. The Balaban J connectivity index is 1.07. The smallest absolute Gasteiger partial charge is 0.310 e. The first-order chi connectivity index (χ1) is 13.3. The van der Waals surface area contributed by atoms with Gasteiger partial charge in [-0.1, -0.05) is 71.1 Å². The lowest BCUT2D eigenvalue weighted by molar-refractivity contribution is -0.140. The molecular formula is C23H38O4. The zero-order valence-electron chi connectivity index (χ0n) is 17.2. The summed E-state index contributed by atoms with van der Waals surface area (Å²) in [6.45, 7) is 2.27. The van der Waals surface area contributed by atoms with E-state index in [0.29, 0.717) is 18.6 Å². The van der Waals surface area contributed by atoms with Crippen LogP contribution in [0.25, 0.3) is 0 Å². The second-order valence-electron chi connectivity index (χ2n) is 8.48. The van der Waals surface area contributed by atoms with Crippen molar-refractivity contribution in [2.24, 2.45) is 0 Å². The van der Waals surface area contributed by atoms with E-state index in [1.807, 2.05) is 0 Å². The number of rotatable bonds is 16. The number of carbonyl (C=O) groups excluding carboxylic acids is 1. The van der Waals surface area contributed by atoms with Crippen LogP contribution in [-0.2, 0) is 19.0 Å². The van der Waals surface area contributed by atoms with Crippen molar-refractivity contribution >= 4 is 5.97 Å². The van der Waals surface area contributed by atoms with E-state index >= 15 is 0 Å². The van der Waals surface area contributed by atoms with Crippen LogP contribution in [0.1, 0.15) is 110 Å². The molecule has 2 saturated heterocycles. The number of hydrogen-bond donors (Lipinski definition) is 0. The van der Waals surface area contributed by atoms with E-state index in [-0.39, 0.29) is 12.1 Å². The van der Waals surface area contributed by atoms with Crippen LogP contribution in [0.3, 0.4) is 0 Å². The predicted molar refractivity (Wildman–Crippen MR) is 106 cm³/mol. The Hall–Kier alpha value is -1.03. The van der Waals surface area contributed by atoms with Gasteiger partial charge in [-0.25, -0.2) is 0 Å². The highest BCUT2D eigenvalue weighted by molar-refractivity contribution is 5.70. The van der Waals surface area contributed by atoms with E-state index in [0.717, 1.165) is 37.2 Å². The van der Waals surface area contributed by atoms with Crippen LogP contribution >= 0.6 is 0 Å². The van der Waals surface area contributed by atoms with Crippen molar-refractivity contribution in [3.63, 3.8) is 0 Å². The van der Waals surface area contributed by atoms with Gasteiger partial charge in [0.25, 0.3) is 0 Å². The molecule has 0 radical (unpaired) electrons. The van der Waals surface area contributed by atoms with Crippen molar-refractivity contribution in [2.75, 3.05) is 0 Å². The molecule has 4 heteroatoms. The van der Waals surface area contributed by atoms with Crippen molar-refractivity contribution in [2.45, 2.75) is 128 Å². The minimum Gasteiger partial charge on any atom is -0.479 e. The molecule has 2 heterocycles. The molecule has 4 nitrogen and oxygen atoms in total. The fourth-order valence-corrected chi connectivity index (χ4v) is 4.19. The van der Waals surface area contributed by atoms with Gasteiger partial charge in [0, 0.05) is 12.8 Å². The van der Waals surface area contributed by atoms with E-state index in [9.17, 15) is 4.79 Å². The first-order valence-electron chi connectivity index (χ1n) is 11.5. The highest BCUT2D eigenvalue weighted by atomic mass is 16.6. The monoisotopic (exact) mass is 378 g/mol. The van der Waals surface area contributed by atoms with Crippen molar-refractivity contribution in [3.8, 4) is 0 Å². The number of ether oxygens (including phenoxy) is 3. The summed E-state index contributed by atoms with van der Waals surface area (Å²) in [5.41, 5.74) is 0. The van der Waals surface area contributed by atoms with E-state index in [1.165, 1.54) is 70.6 Å². The second kappa shape index (κ2) is 11.1. The number of fused-ring (bicyclic) bond motifs is 1. The summed E-state index contributed by atoms with van der Waals surface area (Å²) >= 11 is 0. The van der Waals surface area contributed by atoms with Crippen molar-refractivity contribution < 1.29 is 19.0 Å². The molecule has 0 spiro atoms. The minimum atomic E-state index is -0.0856. The fourth-order valence-electron chi connectivity index (χ4n) is 4.19. The van der Waals surface area contributed by atoms with Gasteiger partial charge in [0.05, 0.1) is 12.2 Å². The molecule has 2 aliphatic heterocycles. The minimum absolute atomic E-state index is 0.0856. The Bertz CT molecular complexity index is 499. The van der Waals surface area contributed by atoms with Gasteiger partial charge >= 0.3 is 5.97 Å². The lowest BCUT2D eigenvalue weighted by Gasteiger charge is -2.05. The molecule has 0 bridgehead atoms. The van der Waals surface area contributed by atoms with E-state index < -0.39 is 0 Å². The van der Waals surface area contributed by atoms with Crippen LogP contribution < -0.4 is 0 Å². The lowest BCUT2D eigenvalue weighted by Crippen LogP contribution is -2.03. The molecule has 0 aromatic carbocycles. The Morgan fingerprint density at radius 3 is 2.15 bits per heavy atom. The Kier molecular flexibility index (Phi) is 8.50. The summed E-state index contributed by atoms with van der Waals surface area (Å²) in [6, 6.07) is 0. The van der Waals surface area contributed by atoms with Crippen LogP contribution in [0.5, 0.6) is 0 Å². The number of unbranched alkanes of at least 4 members (excludes halogenated alkanes) is 9. The molecule has 3 atom stereocenters. The van der Waals surface area contributed by atoms with Gasteiger partial charge in [0.1, 0.15) is 5.76 Å². The van der Waals surface area contributed by atoms with Gasteiger partial charge in [-0.3, -0.25) is 4.79 Å². The van der Waals surface area contributed by atoms with Crippen LogP contribution in [0.4, 0.5) is 0 Å². The number of carbonyl (C=O) groups is 1. The SMILES string of the molecule is CCCCCCCCC1OC1CCCCCCCC(=O)OC1=C2OC2CC1. The molecule has 2 fully saturated rings. The summed E-state index contributed by atoms with van der Waals surface area (Å²) in [5.74, 6) is 1.64. The number of hydrogen-bond acceptors (Lipinski definition) is 4. The normalized spacial score (nSPS) is 25.3. The summed E-state index contributed by atoms with van der Waals surface area (Å²) < 4.78 is 16.5. The van der Waals surface area contributed by atoms with E-state index in [2.05, 4.69) is 6.92 Å². The van der Waals surface area contributed by atoms with Gasteiger partial charge < -0.3 is 14.2 Å². The maximum atomic E-state index is 11.8. The topological polar surface area (TPSA) is 51.4 Å². The van der Waals surface area contributed by atoms with Crippen molar-refractivity contribution in [1.82, 2.24) is 0 Å². The average molecular weight is 379 g/mol. The van der Waals surface area contributed by atoms with Crippen LogP contribution in [-0.4, -0.2) is 24.3 Å². The maximum Gasteiger partial charge on any atom is 0.310 e. The van der Waals surface area contributed by atoms with Crippen LogP contribution in [0, 0.1) is 0 Å². The summed E-state index contributed by atoms with van der Waals surface area (Å²) in [5, 5.41) is 0. The zero-order valence-corrected chi connectivity index (χ0v) is 17.2. The number of allylic oxidation sites excluding steroid dienone is 1. The number of esters is 1. The molecular weight excluding hydrogens is 340 g/mol. The average Bonchev–Trinajstić information content (AvgIpc) is 3.57. The third-order valence-corrected chi connectivity index (χ3v) is 6.05. The van der Waals surface area contributed by atoms with Crippen molar-refractivity contribution in [1.29, 1.82) is 0 Å². The molecule has 27 heavy (non-hydrogen) atoms. The maximum absolute atomic E-state index is 11.8. The van der Waals surface area contributed by atoms with Gasteiger partial charge in [-0.05, 0) is 25.7 Å². The predicted octanol–water partition coefficient (Wildman–Crippen LogP) is 6.18. The Morgan fingerprint density at radius 1 is 0.926 bits per heavy atom. The molecule has 0 aromatic heterocycles. The van der Waals surface area contributed by atoms with Crippen molar-refractivity contribution in [3.05, 3.63) is 11.5 Å². The molecule has 3 unspecified atom stereocenters. The first-order valence-corrected chi connectivity index (χ1v) is 11.5. The molecule has 0 amide bonds. The molecule has 154 valence electrons. The quantitative estimate of drug-likeness (QED) is 0.183. The second-order valence-corrected chi connectivity index (χ2v) is 8.48. The van der Waals surface area contributed by atoms with Crippen LogP contribution in [0.15, 0.2) is 11.5 Å². The highest BCUT2D eigenvalue weighted by Crippen LogP contribution is 2.43. The summed E-state index contributed by atoms with van der Waals surface area (Å²) in [6.07, 6.45) is 20.3. The van der Waals surface area contributed by atoms with Gasteiger partial charge in [-0.15, -0.1) is 0 Å². The largest absolute Gasteiger partial charge is 0.479 e. The molecule has 0 aromatic rings. The van der Waals surface area contributed by atoms with E-state index in [1.54, 1.807) is 0 Å². The molecule has 0 N–H and O–H groups in total. The van der Waals surface area contributed by atoms with Gasteiger partial charge in [0.15, 0.2) is 11.9 Å². The van der Waals surface area contributed by atoms with E-state index in [4.69, 9.17) is 14.2 Å². The Labute approximate surface area is 165 Å². The third-order valence-electron chi connectivity index (χ3n) is 6.05. The van der Waals surface area contributed by atoms with Crippen LogP contribution in [0.2, 0.25) is 0 Å². The summed E-state index contributed by atoms with van der Waals surface area (Å²) in [4.78, 5) is 11.8. The van der Waals surface area contributed by atoms with Gasteiger partial charge in [-0.2, -0.15) is 0 Å². The third kappa shape index (κ3) is 7.48. The molecule has 3 rings (SSSR count).